The first-order valence-electron chi connectivity index (χ1n) is 13.7. The summed E-state index contributed by atoms with van der Waals surface area (Å²) in [4.78, 5) is 62.8. The lowest BCUT2D eigenvalue weighted by Crippen LogP contribution is -2.58. The molecule has 5 amide bonds. The monoisotopic (exact) mass is 578 g/mol. The van der Waals surface area contributed by atoms with Gasteiger partial charge in [-0.2, -0.15) is 5.01 Å². The van der Waals surface area contributed by atoms with Gasteiger partial charge in [-0.25, -0.2) is 19.8 Å². The number of benzene rings is 2. The summed E-state index contributed by atoms with van der Waals surface area (Å²) in [6.07, 6.45) is 3.06. The van der Waals surface area contributed by atoms with E-state index in [0.717, 1.165) is 61.4 Å². The first-order valence-corrected chi connectivity index (χ1v) is 14.6. The maximum Gasteiger partial charge on any atom is 0.343 e. The molecule has 0 unspecified atom stereocenters. The van der Waals surface area contributed by atoms with Crippen molar-refractivity contribution in [2.45, 2.75) is 26.3 Å². The van der Waals surface area contributed by atoms with Crippen LogP contribution in [0, 0.1) is 6.92 Å². The highest BCUT2D eigenvalue weighted by molar-refractivity contribution is 7.17. The number of imide groups is 2. The van der Waals surface area contributed by atoms with E-state index in [0.29, 0.717) is 13.1 Å². The number of carbonyl (C=O) groups excluding carboxylic acids is 4. The summed E-state index contributed by atoms with van der Waals surface area (Å²) < 4.78 is 0. The van der Waals surface area contributed by atoms with E-state index in [-0.39, 0.29) is 24.1 Å². The number of aromatic nitrogens is 2. The normalized spacial score (nSPS) is 17.6. The largest absolute Gasteiger partial charge is 0.343 e. The van der Waals surface area contributed by atoms with Crippen LogP contribution in [0.15, 0.2) is 60.0 Å². The van der Waals surface area contributed by atoms with Crippen LogP contribution in [-0.4, -0.2) is 68.3 Å². The molecule has 1 N–H and O–H groups in total. The Morgan fingerprint density at radius 1 is 0.905 bits per heavy atom. The van der Waals surface area contributed by atoms with E-state index < -0.39 is 23.8 Å². The first-order chi connectivity index (χ1) is 20.4. The molecule has 0 atom stereocenters. The van der Waals surface area contributed by atoms with Gasteiger partial charge in [0.05, 0.1) is 23.4 Å². The van der Waals surface area contributed by atoms with Crippen LogP contribution in [0.2, 0.25) is 0 Å². The number of hydrogen-bond donors (Lipinski definition) is 1. The predicted molar refractivity (Wildman–Crippen MR) is 157 cm³/mol. The molecule has 3 aliphatic heterocycles. The molecule has 2 aromatic heterocycles. The smallest absolute Gasteiger partial charge is 0.295 e. The zero-order chi connectivity index (χ0) is 29.0. The van der Waals surface area contributed by atoms with Gasteiger partial charge in [0.2, 0.25) is 5.91 Å². The van der Waals surface area contributed by atoms with Gasteiger partial charge in [0.1, 0.15) is 10.7 Å². The Hall–Kier alpha value is -4.74. The van der Waals surface area contributed by atoms with E-state index in [4.69, 9.17) is 9.97 Å². The molecule has 210 valence electrons. The van der Waals surface area contributed by atoms with Gasteiger partial charge in [0, 0.05) is 42.4 Å². The number of nitrogens with zero attached hydrogens (tertiary/aromatic N) is 5. The van der Waals surface area contributed by atoms with Crippen molar-refractivity contribution < 1.29 is 19.2 Å². The first kappa shape index (κ1) is 26.2. The number of carbonyl (C=O) groups is 4. The summed E-state index contributed by atoms with van der Waals surface area (Å²) in [7, 11) is 0. The van der Waals surface area contributed by atoms with Crippen molar-refractivity contribution in [2.24, 2.45) is 0 Å². The number of hydrazine groups is 1. The fourth-order valence-corrected chi connectivity index (χ4v) is 6.77. The Morgan fingerprint density at radius 3 is 2.48 bits per heavy atom. The van der Waals surface area contributed by atoms with Crippen LogP contribution in [0.4, 0.5) is 4.79 Å². The lowest BCUT2D eigenvalue weighted by molar-refractivity contribution is -0.122. The molecule has 0 spiro atoms. The Labute approximate surface area is 245 Å². The summed E-state index contributed by atoms with van der Waals surface area (Å²) >= 11 is 1.64. The third kappa shape index (κ3) is 4.47. The molecule has 5 heterocycles. The Morgan fingerprint density at radius 2 is 1.71 bits per heavy atom. The number of hydrogen-bond acceptors (Lipinski definition) is 8. The van der Waals surface area contributed by atoms with Gasteiger partial charge < -0.3 is 0 Å². The zero-order valence-electron chi connectivity index (χ0n) is 22.8. The van der Waals surface area contributed by atoms with Crippen LogP contribution in [0.3, 0.4) is 0 Å². The maximum absolute atomic E-state index is 13.2. The van der Waals surface area contributed by atoms with E-state index in [1.165, 1.54) is 5.57 Å². The number of rotatable bonds is 5. The van der Waals surface area contributed by atoms with Crippen molar-refractivity contribution in [3.8, 4) is 11.1 Å². The molecule has 0 radical (unpaired) electrons. The van der Waals surface area contributed by atoms with Gasteiger partial charge >= 0.3 is 6.03 Å². The van der Waals surface area contributed by atoms with Gasteiger partial charge in [0.25, 0.3) is 11.8 Å². The Balaban J connectivity index is 1.10. The van der Waals surface area contributed by atoms with Crippen LogP contribution in [0.25, 0.3) is 26.9 Å². The highest BCUT2D eigenvalue weighted by Crippen LogP contribution is 2.38. The number of thiophene rings is 1. The maximum atomic E-state index is 13.2. The summed E-state index contributed by atoms with van der Waals surface area (Å²) in [6.45, 7) is 4.02. The van der Waals surface area contributed by atoms with Gasteiger partial charge in [-0.1, -0.05) is 42.5 Å². The number of aryl methyl sites for hydroxylation is 1. The lowest BCUT2D eigenvalue weighted by Gasteiger charge is -2.32. The van der Waals surface area contributed by atoms with Crippen LogP contribution in [0.1, 0.15) is 50.6 Å². The van der Waals surface area contributed by atoms with Crippen LogP contribution in [0.5, 0.6) is 0 Å². The molecule has 2 aromatic carbocycles. The Bertz CT molecular complexity index is 1830. The fourth-order valence-electron chi connectivity index (χ4n) is 5.78. The summed E-state index contributed by atoms with van der Waals surface area (Å²) in [5.74, 6) is -0.802. The molecular formula is C31H26N6O4S. The standard InChI is InChI=1S/C31H26N6O4S/c1-18-32-27(26-24(17-42-28(26)33-18)20-5-3-2-4-6-20)21-9-12-35(13-10-21)16-19-7-8-22-23(15-19)30(40)37(29(22)39)36-14-11-25(38)34-31(36)41/h2-9,15,17H,10-14,16H2,1H3,(H,34,38,41). The third-order valence-corrected chi connectivity index (χ3v) is 8.71. The number of urea groups is 1. The average Bonchev–Trinajstić information content (AvgIpc) is 3.52. The second kappa shape index (κ2) is 10.3. The molecule has 0 saturated carbocycles. The molecule has 4 aromatic rings. The predicted octanol–water partition coefficient (Wildman–Crippen LogP) is 4.41. The van der Waals surface area contributed by atoms with Crippen LogP contribution >= 0.6 is 11.3 Å². The number of fused-ring (bicyclic) bond motifs is 2. The Kier molecular flexibility index (Phi) is 6.40. The SMILES string of the molecule is Cc1nc(C2=CCN(Cc3ccc4c(c3)C(=O)N(N3CCC(=O)NC3=O)C4=O)CC2)c2c(-c3ccccc3)csc2n1. The van der Waals surface area contributed by atoms with Gasteiger partial charge in [-0.15, -0.1) is 11.3 Å². The molecule has 1 fully saturated rings. The van der Waals surface area contributed by atoms with Crippen molar-refractivity contribution in [1.29, 1.82) is 0 Å². The minimum absolute atomic E-state index is 0.0228. The minimum Gasteiger partial charge on any atom is -0.295 e. The second-order valence-electron chi connectivity index (χ2n) is 10.6. The van der Waals surface area contributed by atoms with Gasteiger partial charge in [-0.05, 0) is 42.2 Å². The average molecular weight is 579 g/mol. The molecule has 0 bridgehead atoms. The van der Waals surface area contributed by atoms with Gasteiger partial charge in [-0.3, -0.25) is 24.6 Å². The lowest BCUT2D eigenvalue weighted by atomic mass is 9.97. The molecule has 3 aliphatic rings. The third-order valence-electron chi connectivity index (χ3n) is 7.84. The highest BCUT2D eigenvalue weighted by atomic mass is 32.1. The molecule has 42 heavy (non-hydrogen) atoms. The minimum atomic E-state index is -0.772. The highest BCUT2D eigenvalue weighted by Gasteiger charge is 2.43. The number of amides is 5. The van der Waals surface area contributed by atoms with Gasteiger partial charge in [0.15, 0.2) is 0 Å². The second-order valence-corrected chi connectivity index (χ2v) is 11.4. The van der Waals surface area contributed by atoms with Crippen molar-refractivity contribution in [1.82, 2.24) is 30.2 Å². The summed E-state index contributed by atoms with van der Waals surface area (Å²) in [5, 5.41) is 7.25. The summed E-state index contributed by atoms with van der Waals surface area (Å²) in [6, 6.07) is 14.8. The van der Waals surface area contributed by atoms with Crippen molar-refractivity contribution in [3.05, 3.63) is 88.2 Å². The molecule has 0 aliphatic carbocycles. The van der Waals surface area contributed by atoms with Crippen molar-refractivity contribution in [2.75, 3.05) is 19.6 Å². The van der Waals surface area contributed by atoms with E-state index in [1.54, 1.807) is 23.5 Å². The van der Waals surface area contributed by atoms with Crippen molar-refractivity contribution in [3.63, 3.8) is 0 Å². The molecule has 1 saturated heterocycles. The number of nitrogens with one attached hydrogen (secondary N) is 1. The molecular weight excluding hydrogens is 552 g/mol. The molecule has 11 heteroatoms. The summed E-state index contributed by atoms with van der Waals surface area (Å²) in [5.41, 5.74) is 5.89. The van der Waals surface area contributed by atoms with E-state index in [1.807, 2.05) is 31.2 Å². The van der Waals surface area contributed by atoms with Crippen LogP contribution < -0.4 is 5.32 Å². The molecule has 7 rings (SSSR count). The van der Waals surface area contributed by atoms with Crippen molar-refractivity contribution >= 4 is 50.9 Å². The van der Waals surface area contributed by atoms with Crippen LogP contribution in [-0.2, 0) is 11.3 Å². The fraction of sp³-hybridized carbons (Fsp3) is 0.226. The zero-order valence-corrected chi connectivity index (χ0v) is 23.6. The van der Waals surface area contributed by atoms with E-state index in [2.05, 4.69) is 33.8 Å². The topological polar surface area (TPSA) is 116 Å². The van der Waals surface area contributed by atoms with E-state index in [9.17, 15) is 19.2 Å². The van der Waals surface area contributed by atoms with E-state index >= 15 is 0 Å². The quantitative estimate of drug-likeness (QED) is 0.349. The molecule has 10 nitrogen and oxygen atoms in total.